The first kappa shape index (κ1) is 17.4. The Morgan fingerprint density at radius 2 is 1.75 bits per heavy atom. The van der Waals surface area contributed by atoms with Gasteiger partial charge >= 0.3 is 0 Å². The number of fused-ring (bicyclic) bond motifs is 1. The summed E-state index contributed by atoms with van der Waals surface area (Å²) in [6.45, 7) is 3.97. The minimum Gasteiger partial charge on any atom is -0.355 e. The summed E-state index contributed by atoms with van der Waals surface area (Å²) >= 11 is 0. The van der Waals surface area contributed by atoms with Gasteiger partial charge in [-0.3, -0.25) is 4.98 Å². The maximum Gasteiger partial charge on any atom is 0.150 e. The molecule has 2 aromatic heterocycles. The molecule has 2 fully saturated rings. The van der Waals surface area contributed by atoms with Crippen molar-refractivity contribution < 1.29 is 0 Å². The van der Waals surface area contributed by atoms with Gasteiger partial charge in [0.2, 0.25) is 0 Å². The molecule has 5 rings (SSSR count). The van der Waals surface area contributed by atoms with Crippen LogP contribution in [0.2, 0.25) is 0 Å². The Morgan fingerprint density at radius 3 is 2.57 bits per heavy atom. The summed E-state index contributed by atoms with van der Waals surface area (Å²) in [6.07, 6.45) is 4.83. The molecule has 2 aliphatic heterocycles. The predicted molar refractivity (Wildman–Crippen MR) is 113 cm³/mol. The van der Waals surface area contributed by atoms with E-state index in [1.54, 1.807) is 0 Å². The number of anilines is 2. The molecule has 4 heterocycles. The molecule has 0 bridgehead atoms. The van der Waals surface area contributed by atoms with E-state index in [1.807, 2.05) is 18.5 Å². The lowest BCUT2D eigenvalue weighted by atomic mass is 9.95. The lowest BCUT2D eigenvalue weighted by Crippen LogP contribution is -2.46. The van der Waals surface area contributed by atoms with Crippen LogP contribution >= 0.6 is 0 Å². The number of benzene rings is 1. The molecule has 6 nitrogen and oxygen atoms in total. The van der Waals surface area contributed by atoms with Gasteiger partial charge in [-0.15, -0.1) is 0 Å². The van der Waals surface area contributed by atoms with E-state index in [-0.39, 0.29) is 0 Å². The number of pyridine rings is 1. The van der Waals surface area contributed by atoms with Crippen LogP contribution < -0.4 is 9.80 Å². The fourth-order valence-corrected chi connectivity index (χ4v) is 4.30. The Labute approximate surface area is 165 Å². The molecule has 1 unspecified atom stereocenters. The van der Waals surface area contributed by atoms with E-state index in [0.717, 1.165) is 49.0 Å². The van der Waals surface area contributed by atoms with Gasteiger partial charge in [0.1, 0.15) is 5.82 Å². The minimum absolute atomic E-state index is 0.412. The average molecular weight is 374 g/mol. The van der Waals surface area contributed by atoms with Crippen LogP contribution in [0.1, 0.15) is 18.0 Å². The first-order chi connectivity index (χ1) is 13.7. The third-order valence-electron chi connectivity index (χ3n) is 6.08. The molecule has 28 heavy (non-hydrogen) atoms. The van der Waals surface area contributed by atoms with E-state index < -0.39 is 0 Å². The van der Waals surface area contributed by atoms with Crippen LogP contribution in [0.4, 0.5) is 11.6 Å². The first-order valence-electron chi connectivity index (χ1n) is 10.0. The Kier molecular flexibility index (Phi) is 4.36. The Balaban J connectivity index is 1.32. The van der Waals surface area contributed by atoms with E-state index in [1.165, 1.54) is 11.8 Å². The summed E-state index contributed by atoms with van der Waals surface area (Å²) < 4.78 is 0. The van der Waals surface area contributed by atoms with Gasteiger partial charge in [0.25, 0.3) is 0 Å². The van der Waals surface area contributed by atoms with E-state index in [4.69, 9.17) is 15.0 Å². The molecule has 0 radical (unpaired) electrons. The Morgan fingerprint density at radius 1 is 0.929 bits per heavy atom. The first-order valence-corrected chi connectivity index (χ1v) is 10.0. The Hall–Kier alpha value is -2.73. The zero-order valence-corrected chi connectivity index (χ0v) is 16.5. The van der Waals surface area contributed by atoms with Gasteiger partial charge < -0.3 is 14.7 Å². The number of hydrogen-bond acceptors (Lipinski definition) is 6. The van der Waals surface area contributed by atoms with Crippen LogP contribution in [-0.2, 0) is 0 Å². The van der Waals surface area contributed by atoms with Crippen molar-refractivity contribution in [1.82, 2.24) is 19.9 Å². The van der Waals surface area contributed by atoms with Crippen molar-refractivity contribution >= 4 is 22.5 Å². The molecule has 0 saturated carbocycles. The quantitative estimate of drug-likeness (QED) is 0.700. The molecule has 2 saturated heterocycles. The van der Waals surface area contributed by atoms with Crippen LogP contribution in [0.5, 0.6) is 0 Å². The van der Waals surface area contributed by atoms with Crippen LogP contribution in [0.15, 0.2) is 48.8 Å². The molecule has 3 aromatic rings. The number of nitrogens with zero attached hydrogens (tertiary/aromatic N) is 6. The number of rotatable bonds is 4. The second-order valence-electron chi connectivity index (χ2n) is 8.08. The maximum absolute atomic E-state index is 4.83. The molecule has 0 aliphatic carbocycles. The zero-order chi connectivity index (χ0) is 19.1. The standard InChI is InChI=1S/C22H26N6/c1-26(2)18-9-12-27(15-18)22-21(23-10-11-24-22)17-13-28(14-17)20-8-7-16-5-3-4-6-19(16)25-20/h3-8,10-11,17-18H,9,12-15H2,1-2H3. The van der Waals surface area contributed by atoms with E-state index in [9.17, 15) is 0 Å². The van der Waals surface area contributed by atoms with Gasteiger partial charge in [0.05, 0.1) is 11.2 Å². The van der Waals surface area contributed by atoms with Crippen LogP contribution in [0.25, 0.3) is 10.9 Å². The third-order valence-corrected chi connectivity index (χ3v) is 6.08. The predicted octanol–water partition coefficient (Wildman–Crippen LogP) is 2.77. The summed E-state index contributed by atoms with van der Waals surface area (Å²) in [5.41, 5.74) is 2.19. The summed E-state index contributed by atoms with van der Waals surface area (Å²) in [5.74, 6) is 2.53. The summed E-state index contributed by atoms with van der Waals surface area (Å²) in [5, 5.41) is 1.18. The molecule has 6 heteroatoms. The van der Waals surface area contributed by atoms with E-state index in [0.29, 0.717) is 12.0 Å². The van der Waals surface area contributed by atoms with Crippen molar-refractivity contribution in [2.45, 2.75) is 18.4 Å². The van der Waals surface area contributed by atoms with Gasteiger partial charge in [0.15, 0.2) is 5.82 Å². The van der Waals surface area contributed by atoms with E-state index in [2.05, 4.69) is 59.1 Å². The van der Waals surface area contributed by atoms with Crippen molar-refractivity contribution in [3.8, 4) is 0 Å². The number of hydrogen-bond donors (Lipinski definition) is 0. The lowest BCUT2D eigenvalue weighted by Gasteiger charge is -2.40. The SMILES string of the molecule is CN(C)C1CCN(c2nccnc2C2CN(c3ccc4ccccc4n3)C2)C1. The normalized spacial score (nSPS) is 20.2. The van der Waals surface area contributed by atoms with E-state index >= 15 is 0 Å². The molecule has 0 amide bonds. The zero-order valence-electron chi connectivity index (χ0n) is 16.5. The monoisotopic (exact) mass is 374 g/mol. The summed E-state index contributed by atoms with van der Waals surface area (Å²) in [4.78, 5) is 21.3. The highest BCUT2D eigenvalue weighted by atomic mass is 15.3. The fourth-order valence-electron chi connectivity index (χ4n) is 4.30. The third kappa shape index (κ3) is 3.07. The molecule has 1 atom stereocenters. The van der Waals surface area contributed by atoms with Gasteiger partial charge in [-0.05, 0) is 38.7 Å². The number of aromatic nitrogens is 3. The number of likely N-dealkylation sites (N-methyl/N-ethyl adjacent to an activating group) is 1. The second-order valence-corrected chi connectivity index (χ2v) is 8.08. The second kappa shape index (κ2) is 7.02. The highest BCUT2D eigenvalue weighted by molar-refractivity contribution is 5.80. The van der Waals surface area contributed by atoms with Gasteiger partial charge in [0, 0.05) is 55.9 Å². The average Bonchev–Trinajstić information content (AvgIpc) is 3.18. The fraction of sp³-hybridized carbons (Fsp3) is 0.409. The van der Waals surface area contributed by atoms with Gasteiger partial charge in [-0.25, -0.2) is 9.97 Å². The smallest absolute Gasteiger partial charge is 0.150 e. The topological polar surface area (TPSA) is 48.4 Å². The molecule has 1 aromatic carbocycles. The molecular formula is C22H26N6. The summed E-state index contributed by atoms with van der Waals surface area (Å²) in [6, 6.07) is 13.1. The molecule has 2 aliphatic rings. The lowest BCUT2D eigenvalue weighted by molar-refractivity contribution is 0.315. The van der Waals surface area contributed by atoms with Gasteiger partial charge in [-0.1, -0.05) is 18.2 Å². The minimum atomic E-state index is 0.412. The summed E-state index contributed by atoms with van der Waals surface area (Å²) in [7, 11) is 4.32. The maximum atomic E-state index is 4.83. The molecule has 0 N–H and O–H groups in total. The highest BCUT2D eigenvalue weighted by Gasteiger charge is 2.35. The molecule has 0 spiro atoms. The van der Waals surface area contributed by atoms with Crippen LogP contribution in [0.3, 0.4) is 0 Å². The molecule has 144 valence electrons. The van der Waals surface area contributed by atoms with Crippen molar-refractivity contribution in [2.75, 3.05) is 50.1 Å². The van der Waals surface area contributed by atoms with Crippen LogP contribution in [-0.4, -0.2) is 66.2 Å². The van der Waals surface area contributed by atoms with Crippen molar-refractivity contribution in [2.24, 2.45) is 0 Å². The molecular weight excluding hydrogens is 348 g/mol. The Bertz CT molecular complexity index is 981. The van der Waals surface area contributed by atoms with Crippen molar-refractivity contribution in [1.29, 1.82) is 0 Å². The van der Waals surface area contributed by atoms with Crippen LogP contribution in [0, 0.1) is 0 Å². The van der Waals surface area contributed by atoms with Crippen molar-refractivity contribution in [3.05, 3.63) is 54.5 Å². The van der Waals surface area contributed by atoms with Crippen molar-refractivity contribution in [3.63, 3.8) is 0 Å². The number of para-hydroxylation sites is 1. The highest BCUT2D eigenvalue weighted by Crippen LogP contribution is 2.35. The largest absolute Gasteiger partial charge is 0.355 e. The van der Waals surface area contributed by atoms with Gasteiger partial charge in [-0.2, -0.15) is 0 Å².